The number of nitrogens with two attached hydrogens (primary N) is 1. The Balaban J connectivity index is 1.87. The molecule has 2 heterocycles. The number of pyridine rings is 2. The number of hydrogen-bond acceptors (Lipinski definition) is 6. The second kappa shape index (κ2) is 8.29. The fourth-order valence-corrected chi connectivity index (χ4v) is 2.72. The van der Waals surface area contributed by atoms with Crippen LogP contribution in [0.25, 0.3) is 0 Å². The second-order valence-corrected chi connectivity index (χ2v) is 6.15. The van der Waals surface area contributed by atoms with Gasteiger partial charge in [-0.05, 0) is 42.3 Å². The summed E-state index contributed by atoms with van der Waals surface area (Å²) in [6.07, 6.45) is 5.67. The molecule has 0 amide bonds. The maximum absolute atomic E-state index is 14.6. The summed E-state index contributed by atoms with van der Waals surface area (Å²) in [7, 11) is 0. The van der Waals surface area contributed by atoms with E-state index in [9.17, 15) is 8.78 Å². The summed E-state index contributed by atoms with van der Waals surface area (Å²) in [6.45, 7) is 0. The topological polar surface area (TPSA) is 87.7 Å². The third-order valence-corrected chi connectivity index (χ3v) is 4.24. The predicted octanol–water partition coefficient (Wildman–Crippen LogP) is 3.85. The van der Waals surface area contributed by atoms with Crippen LogP contribution < -0.4 is 10.5 Å². The summed E-state index contributed by atoms with van der Waals surface area (Å²) in [5, 5.41) is 7.26. The lowest BCUT2D eigenvalue weighted by molar-refractivity contribution is 0.580. The summed E-state index contributed by atoms with van der Waals surface area (Å²) in [6, 6.07) is 7.53. The van der Waals surface area contributed by atoms with Crippen LogP contribution in [-0.4, -0.2) is 16.2 Å². The number of nitrogens with one attached hydrogen (secondary N) is 2. The van der Waals surface area contributed by atoms with Gasteiger partial charge in [-0.3, -0.25) is 4.98 Å². The molecule has 2 aromatic heterocycles. The molecule has 27 heavy (non-hydrogen) atoms. The molecule has 0 aliphatic carbocycles. The Kier molecular flexibility index (Phi) is 5.64. The minimum Gasteiger partial charge on any atom is -0.383 e. The van der Waals surface area contributed by atoms with Gasteiger partial charge in [0.2, 0.25) is 0 Å². The van der Waals surface area contributed by atoms with Crippen LogP contribution in [0.1, 0.15) is 16.7 Å². The first-order valence-corrected chi connectivity index (χ1v) is 8.49. The van der Waals surface area contributed by atoms with Gasteiger partial charge in [0.15, 0.2) is 5.82 Å². The molecule has 0 aliphatic heterocycles. The molecular weight excluding hydrogens is 368 g/mol. The zero-order chi connectivity index (χ0) is 19.2. The van der Waals surface area contributed by atoms with Crippen molar-refractivity contribution < 1.29 is 8.78 Å². The minimum atomic E-state index is -0.797. The number of hydrogen-bond donors (Lipinski definition) is 3. The molecule has 0 spiro atoms. The van der Waals surface area contributed by atoms with Crippen molar-refractivity contribution in [1.29, 1.82) is 5.41 Å². The number of anilines is 2. The van der Waals surface area contributed by atoms with Gasteiger partial charge in [-0.1, -0.05) is 11.8 Å². The van der Waals surface area contributed by atoms with Gasteiger partial charge in [-0.25, -0.2) is 13.8 Å². The van der Waals surface area contributed by atoms with E-state index in [-0.39, 0.29) is 17.1 Å². The molecule has 1 aromatic carbocycles. The molecule has 4 N–H and O–H groups in total. The van der Waals surface area contributed by atoms with E-state index in [0.29, 0.717) is 11.1 Å². The van der Waals surface area contributed by atoms with Crippen LogP contribution in [0, 0.1) is 28.9 Å². The van der Waals surface area contributed by atoms with Gasteiger partial charge in [-0.15, -0.1) is 0 Å². The second-order valence-electron chi connectivity index (χ2n) is 5.27. The highest BCUT2D eigenvalue weighted by molar-refractivity contribution is 8.00. The normalized spacial score (nSPS) is 10.0. The molecule has 0 radical (unpaired) electrons. The molecule has 134 valence electrons. The first-order valence-electron chi connectivity index (χ1n) is 7.67. The van der Waals surface area contributed by atoms with E-state index >= 15 is 0 Å². The molecule has 3 aromatic rings. The average molecular weight is 381 g/mol. The van der Waals surface area contributed by atoms with Gasteiger partial charge < -0.3 is 15.9 Å². The maximum atomic E-state index is 14.6. The van der Waals surface area contributed by atoms with Crippen LogP contribution in [0.4, 0.5) is 20.3 Å². The molecule has 3 rings (SSSR count). The minimum absolute atomic E-state index is 0.102. The molecule has 0 bridgehead atoms. The van der Waals surface area contributed by atoms with Crippen molar-refractivity contribution in [3.63, 3.8) is 0 Å². The van der Waals surface area contributed by atoms with Gasteiger partial charge in [0.1, 0.15) is 11.6 Å². The molecule has 0 atom stereocenters. The van der Waals surface area contributed by atoms with Crippen LogP contribution in [0.15, 0.2) is 53.8 Å². The summed E-state index contributed by atoms with van der Waals surface area (Å²) in [4.78, 5) is 8.65. The molecule has 0 fully saturated rings. The summed E-state index contributed by atoms with van der Waals surface area (Å²) < 4.78 is 31.5. The van der Waals surface area contributed by atoms with Crippen molar-refractivity contribution in [2.45, 2.75) is 4.90 Å². The highest BCUT2D eigenvalue weighted by atomic mass is 32.2. The fourth-order valence-electron chi connectivity index (χ4n) is 2.08. The Hall–Kier alpha value is -3.44. The van der Waals surface area contributed by atoms with Crippen molar-refractivity contribution in [2.75, 3.05) is 10.5 Å². The van der Waals surface area contributed by atoms with E-state index in [1.54, 1.807) is 18.5 Å². The first-order chi connectivity index (χ1) is 13.1. The van der Waals surface area contributed by atoms with Crippen LogP contribution in [0.2, 0.25) is 0 Å². The molecular formula is C19H13F2N5S. The van der Waals surface area contributed by atoms with E-state index in [2.05, 4.69) is 26.5 Å². The molecule has 8 heteroatoms. The molecule has 0 saturated carbocycles. The van der Waals surface area contributed by atoms with Gasteiger partial charge in [-0.2, -0.15) is 0 Å². The Morgan fingerprint density at radius 1 is 1.19 bits per heavy atom. The van der Waals surface area contributed by atoms with Crippen LogP contribution >= 0.6 is 11.9 Å². The van der Waals surface area contributed by atoms with Crippen molar-refractivity contribution in [1.82, 2.24) is 9.97 Å². The lowest BCUT2D eigenvalue weighted by Crippen LogP contribution is -1.98. The van der Waals surface area contributed by atoms with Crippen LogP contribution in [-0.2, 0) is 0 Å². The van der Waals surface area contributed by atoms with E-state index < -0.39 is 11.6 Å². The van der Waals surface area contributed by atoms with Crippen molar-refractivity contribution in [3.05, 3.63) is 77.2 Å². The summed E-state index contributed by atoms with van der Waals surface area (Å²) in [5.41, 5.74) is 6.13. The van der Waals surface area contributed by atoms with Crippen LogP contribution in [0.5, 0.6) is 0 Å². The van der Waals surface area contributed by atoms with Gasteiger partial charge in [0.25, 0.3) is 0 Å². The highest BCUT2D eigenvalue weighted by Gasteiger charge is 2.12. The monoisotopic (exact) mass is 381 g/mol. The largest absolute Gasteiger partial charge is 0.383 e. The number of nitrogens with zero attached hydrogens (tertiary/aromatic N) is 2. The van der Waals surface area contributed by atoms with Crippen molar-refractivity contribution in [2.24, 2.45) is 0 Å². The lowest BCUT2D eigenvalue weighted by Gasteiger charge is -2.08. The van der Waals surface area contributed by atoms with Gasteiger partial charge in [0, 0.05) is 40.8 Å². The van der Waals surface area contributed by atoms with Crippen molar-refractivity contribution in [3.8, 4) is 11.8 Å². The van der Waals surface area contributed by atoms with E-state index in [4.69, 9.17) is 11.1 Å². The smallest absolute Gasteiger partial charge is 0.165 e. The molecule has 5 nitrogen and oxygen atoms in total. The Morgan fingerprint density at radius 2 is 2.04 bits per heavy atom. The Morgan fingerprint density at radius 3 is 2.78 bits per heavy atom. The Labute approximate surface area is 158 Å². The number of halogens is 2. The predicted molar refractivity (Wildman–Crippen MR) is 103 cm³/mol. The lowest BCUT2D eigenvalue weighted by atomic mass is 10.1. The molecule has 0 unspecified atom stereocenters. The SMILES string of the molecule is N=Cc1cc(C#Cc2c(F)ccc(NSc3cccnc3)c2F)cnc1N. The number of rotatable bonds is 4. The molecule has 0 aliphatic rings. The standard InChI is InChI=1S/C19H13F2N5S/c20-16-5-6-17(26-27-14-2-1-7-24-11-14)18(21)15(16)4-3-12-8-13(9-22)19(23)25-10-12/h1-2,5-11,22,26H,(H2,23,25). The number of nitrogen functional groups attached to an aromatic ring is 1. The number of benzene rings is 1. The molecule has 0 saturated heterocycles. The van der Waals surface area contributed by atoms with E-state index in [1.165, 1.54) is 18.3 Å². The summed E-state index contributed by atoms with van der Waals surface area (Å²) >= 11 is 1.15. The van der Waals surface area contributed by atoms with Gasteiger partial charge in [0.05, 0.1) is 11.3 Å². The quantitative estimate of drug-likeness (QED) is 0.363. The van der Waals surface area contributed by atoms with E-state index in [1.807, 2.05) is 6.07 Å². The highest BCUT2D eigenvalue weighted by Crippen LogP contribution is 2.26. The van der Waals surface area contributed by atoms with Crippen LogP contribution in [0.3, 0.4) is 0 Å². The third-order valence-electron chi connectivity index (χ3n) is 3.44. The summed E-state index contributed by atoms with van der Waals surface area (Å²) in [5.74, 6) is 3.76. The number of aromatic nitrogens is 2. The zero-order valence-electron chi connectivity index (χ0n) is 13.8. The van der Waals surface area contributed by atoms with E-state index in [0.717, 1.165) is 29.1 Å². The average Bonchev–Trinajstić information content (AvgIpc) is 2.69. The Bertz CT molecular complexity index is 1050. The zero-order valence-corrected chi connectivity index (χ0v) is 14.6. The first kappa shape index (κ1) is 18.4. The fraction of sp³-hybridized carbons (Fsp3) is 0. The third kappa shape index (κ3) is 4.40. The van der Waals surface area contributed by atoms with Gasteiger partial charge >= 0.3 is 0 Å². The maximum Gasteiger partial charge on any atom is 0.165 e. The van der Waals surface area contributed by atoms with Crippen molar-refractivity contribution >= 4 is 29.7 Å².